The number of nitrogens with zero attached hydrogens (tertiary/aromatic N) is 1. The molecule has 22 heavy (non-hydrogen) atoms. The Morgan fingerprint density at radius 1 is 1.41 bits per heavy atom. The van der Waals surface area contributed by atoms with Gasteiger partial charge in [-0.2, -0.15) is 5.56 Å². The van der Waals surface area contributed by atoms with E-state index in [9.17, 15) is 13.6 Å². The van der Waals surface area contributed by atoms with Crippen LogP contribution < -0.4 is 4.74 Å². The number of allylic oxidation sites excluding steroid dienone is 1. The van der Waals surface area contributed by atoms with Crippen LogP contribution in [0.15, 0.2) is 24.3 Å². The first-order valence-electron chi connectivity index (χ1n) is 6.60. The molecule has 0 saturated carbocycles. The largest absolute Gasteiger partial charge is 0.494 e. The van der Waals surface area contributed by atoms with E-state index >= 15 is 0 Å². The molecule has 1 unspecified atom stereocenters. The van der Waals surface area contributed by atoms with Crippen molar-refractivity contribution in [1.29, 1.82) is 0 Å². The van der Waals surface area contributed by atoms with Crippen molar-refractivity contribution < 1.29 is 51.0 Å². The first kappa shape index (κ1) is 19.5. The van der Waals surface area contributed by atoms with Gasteiger partial charge < -0.3 is 9.64 Å². The van der Waals surface area contributed by atoms with Gasteiger partial charge in [-0.15, -0.1) is 29.4 Å². The molecule has 1 aliphatic heterocycles. The number of hydrogen-bond acceptors (Lipinski definition) is 2. The van der Waals surface area contributed by atoms with Gasteiger partial charge in [-0.3, -0.25) is 4.79 Å². The summed E-state index contributed by atoms with van der Waals surface area (Å²) in [7, 11) is 0. The molecule has 0 aliphatic carbocycles. The Morgan fingerprint density at radius 3 is 2.59 bits per heavy atom. The predicted molar refractivity (Wildman–Crippen MR) is 76.2 cm³/mol. The second kappa shape index (κ2) is 8.95. The summed E-state index contributed by atoms with van der Waals surface area (Å²) in [6, 6.07) is 6.89. The summed E-state index contributed by atoms with van der Waals surface area (Å²) >= 11 is 5.83. The van der Waals surface area contributed by atoms with Crippen molar-refractivity contribution in [1.82, 2.24) is 4.90 Å². The number of alkyl halides is 3. The average molecular weight is 404 g/mol. The molecule has 0 spiro atoms. The third-order valence-corrected chi connectivity index (χ3v) is 3.35. The predicted octanol–water partition coefficient (Wildman–Crippen LogP) is 3.33. The molecule has 1 aromatic carbocycles. The molecule has 0 bridgehead atoms. The third-order valence-electron chi connectivity index (χ3n) is 3.01. The zero-order chi connectivity index (χ0) is 15.4. The van der Waals surface area contributed by atoms with E-state index in [4.69, 9.17) is 16.3 Å². The number of hydrogen-bond donors (Lipinski definition) is 0. The molecule has 1 aliphatic rings. The van der Waals surface area contributed by atoms with Crippen LogP contribution in [-0.2, 0) is 37.5 Å². The van der Waals surface area contributed by atoms with E-state index in [2.05, 4.69) is 6.08 Å². The van der Waals surface area contributed by atoms with Crippen LogP contribution in [0.5, 0.6) is 5.75 Å². The standard InChI is InChI=1S/C15H15ClF2NO2.Y/c1-2-21-11-5-3-10(4-6-11)13-8-7-12(16)15(20)19(13)9-14(17)18;/h3-6,12,14H,2,7,9H2,1H3;/q-1;. The Bertz CT molecular complexity index is 537. The zero-order valence-electron chi connectivity index (χ0n) is 12.1. The topological polar surface area (TPSA) is 29.5 Å². The van der Waals surface area contributed by atoms with Gasteiger partial charge in [0.1, 0.15) is 11.1 Å². The van der Waals surface area contributed by atoms with Crippen molar-refractivity contribution in [2.75, 3.05) is 13.2 Å². The molecule has 117 valence electrons. The molecule has 1 atom stereocenters. The molecule has 0 fully saturated rings. The van der Waals surface area contributed by atoms with Crippen LogP contribution in [0.3, 0.4) is 0 Å². The monoisotopic (exact) mass is 403 g/mol. The first-order chi connectivity index (χ1) is 10.0. The summed E-state index contributed by atoms with van der Waals surface area (Å²) in [5.74, 6) is 0.166. The maximum Gasteiger partial charge on any atom is 0.256 e. The summed E-state index contributed by atoms with van der Waals surface area (Å²) in [5.41, 5.74) is 0.983. The van der Waals surface area contributed by atoms with Gasteiger partial charge in [0, 0.05) is 32.7 Å². The van der Waals surface area contributed by atoms with Crippen molar-refractivity contribution in [3.05, 3.63) is 35.9 Å². The Kier molecular flexibility index (Phi) is 7.94. The van der Waals surface area contributed by atoms with Crippen molar-refractivity contribution in [2.24, 2.45) is 0 Å². The zero-order valence-corrected chi connectivity index (χ0v) is 15.7. The van der Waals surface area contributed by atoms with E-state index in [1.54, 1.807) is 24.3 Å². The van der Waals surface area contributed by atoms with E-state index in [1.165, 1.54) is 0 Å². The van der Waals surface area contributed by atoms with Crippen LogP contribution in [0.2, 0.25) is 0 Å². The second-order valence-corrected chi connectivity index (χ2v) is 5.02. The van der Waals surface area contributed by atoms with Crippen LogP contribution >= 0.6 is 11.6 Å². The van der Waals surface area contributed by atoms with E-state index < -0.39 is 24.3 Å². The van der Waals surface area contributed by atoms with Gasteiger partial charge in [-0.05, 0) is 19.1 Å². The number of rotatable bonds is 5. The molecular weight excluding hydrogens is 389 g/mol. The van der Waals surface area contributed by atoms with Crippen LogP contribution in [0.4, 0.5) is 8.78 Å². The maximum atomic E-state index is 12.7. The molecule has 1 heterocycles. The molecule has 0 saturated heterocycles. The minimum absolute atomic E-state index is 0. The number of benzene rings is 1. The van der Waals surface area contributed by atoms with Crippen LogP contribution in [-0.4, -0.2) is 35.8 Å². The van der Waals surface area contributed by atoms with Crippen molar-refractivity contribution in [3.8, 4) is 5.75 Å². The molecule has 1 amide bonds. The first-order valence-corrected chi connectivity index (χ1v) is 7.04. The Morgan fingerprint density at radius 2 is 2.05 bits per heavy atom. The Hall–Kier alpha value is -0.516. The van der Waals surface area contributed by atoms with E-state index in [1.807, 2.05) is 6.92 Å². The normalized spacial score (nSPS) is 18.0. The van der Waals surface area contributed by atoms with Crippen molar-refractivity contribution in [2.45, 2.75) is 25.1 Å². The number of carbonyl (C=O) groups excluding carboxylic acids is 1. The number of carbonyl (C=O) groups is 1. The van der Waals surface area contributed by atoms with E-state index in [0.717, 1.165) is 4.90 Å². The Balaban J connectivity index is 0.00000242. The summed E-state index contributed by atoms with van der Waals surface area (Å²) in [5, 5.41) is -0.838. The number of halogens is 3. The summed E-state index contributed by atoms with van der Waals surface area (Å²) in [6.07, 6.45) is 0.520. The molecule has 0 aromatic heterocycles. The van der Waals surface area contributed by atoms with Gasteiger partial charge >= 0.3 is 0 Å². The van der Waals surface area contributed by atoms with Gasteiger partial charge in [0.2, 0.25) is 5.91 Å². The second-order valence-electron chi connectivity index (χ2n) is 4.49. The SMILES string of the molecule is CCOc1ccc(C2=[C-]CC(Cl)C(=O)N2CC(F)F)cc1.[Y]. The van der Waals surface area contributed by atoms with E-state index in [-0.39, 0.29) is 39.1 Å². The fourth-order valence-electron chi connectivity index (χ4n) is 2.10. The molecule has 1 aromatic rings. The van der Waals surface area contributed by atoms with Crippen LogP contribution in [0.25, 0.3) is 5.70 Å². The summed E-state index contributed by atoms with van der Waals surface area (Å²) in [6.45, 7) is 1.73. The van der Waals surface area contributed by atoms with Gasteiger partial charge in [-0.1, -0.05) is 6.42 Å². The van der Waals surface area contributed by atoms with Gasteiger partial charge in [0.05, 0.1) is 13.2 Å². The van der Waals surface area contributed by atoms with Crippen LogP contribution in [0, 0.1) is 6.08 Å². The molecule has 7 heteroatoms. The molecule has 0 N–H and O–H groups in total. The summed E-state index contributed by atoms with van der Waals surface area (Å²) < 4.78 is 30.7. The van der Waals surface area contributed by atoms with Gasteiger partial charge in [0.15, 0.2) is 0 Å². The summed E-state index contributed by atoms with van der Waals surface area (Å²) in [4.78, 5) is 13.0. The maximum absolute atomic E-state index is 12.7. The number of ether oxygens (including phenoxy) is 1. The third kappa shape index (κ3) is 4.74. The van der Waals surface area contributed by atoms with Crippen LogP contribution in [0.1, 0.15) is 18.9 Å². The fraction of sp³-hybridized carbons (Fsp3) is 0.400. The minimum atomic E-state index is -2.63. The van der Waals surface area contributed by atoms with Crippen molar-refractivity contribution >= 4 is 23.2 Å². The Labute approximate surface area is 158 Å². The van der Waals surface area contributed by atoms with E-state index in [0.29, 0.717) is 23.6 Å². The van der Waals surface area contributed by atoms with Gasteiger partial charge in [-0.25, -0.2) is 14.9 Å². The smallest absolute Gasteiger partial charge is 0.256 e. The average Bonchev–Trinajstić information content (AvgIpc) is 2.45. The quantitative estimate of drug-likeness (QED) is 0.557. The molecule has 3 nitrogen and oxygen atoms in total. The minimum Gasteiger partial charge on any atom is -0.494 e. The fourth-order valence-corrected chi connectivity index (χ4v) is 2.30. The molecule has 1 radical (unpaired) electrons. The van der Waals surface area contributed by atoms with Crippen molar-refractivity contribution in [3.63, 3.8) is 0 Å². The number of amides is 1. The molecular formula is C15H15ClF2NO2Y-. The van der Waals surface area contributed by atoms with Gasteiger partial charge in [0.25, 0.3) is 6.43 Å². The molecule has 2 rings (SSSR count).